The Labute approximate surface area is 172 Å². The molecule has 0 saturated heterocycles. The van der Waals surface area contributed by atoms with Crippen molar-refractivity contribution in [1.29, 1.82) is 0 Å². The topological polar surface area (TPSA) is 58.9 Å². The summed E-state index contributed by atoms with van der Waals surface area (Å²) in [6.45, 7) is 3.88. The summed E-state index contributed by atoms with van der Waals surface area (Å²) in [5.41, 5.74) is 3.52. The number of azo groups is 1. The zero-order chi connectivity index (χ0) is 20.1. The van der Waals surface area contributed by atoms with E-state index in [-0.39, 0.29) is 11.6 Å². The van der Waals surface area contributed by atoms with Crippen molar-refractivity contribution < 1.29 is 9.59 Å². The van der Waals surface area contributed by atoms with Crippen LogP contribution in [0.15, 0.2) is 87.5 Å². The predicted molar refractivity (Wildman–Crippen MR) is 113 cm³/mol. The number of nitrogens with zero attached hydrogens (tertiary/aromatic N) is 2. The van der Waals surface area contributed by atoms with Gasteiger partial charge in [-0.2, -0.15) is 10.2 Å². The van der Waals surface area contributed by atoms with Crippen molar-refractivity contribution >= 4 is 33.2 Å². The summed E-state index contributed by atoms with van der Waals surface area (Å²) in [5.74, 6) is -0.738. The third-order valence-corrected chi connectivity index (χ3v) is 4.81. The molecule has 0 N–H and O–H groups in total. The summed E-state index contributed by atoms with van der Waals surface area (Å²) in [6.07, 6.45) is 0. The number of hydrogen-bond donors (Lipinski definition) is 0. The van der Waals surface area contributed by atoms with Gasteiger partial charge in [0.15, 0.2) is 17.6 Å². The van der Waals surface area contributed by atoms with Crippen molar-refractivity contribution in [3.05, 3.63) is 99.5 Å². The van der Waals surface area contributed by atoms with Gasteiger partial charge in [-0.15, -0.1) is 0 Å². The highest BCUT2D eigenvalue weighted by Gasteiger charge is 2.28. The zero-order valence-corrected chi connectivity index (χ0v) is 17.2. The van der Waals surface area contributed by atoms with E-state index in [1.807, 2.05) is 50.2 Å². The largest absolute Gasteiger partial charge is 0.291 e. The quantitative estimate of drug-likeness (QED) is 0.260. The second-order valence-electron chi connectivity index (χ2n) is 6.55. The van der Waals surface area contributed by atoms with Crippen molar-refractivity contribution in [2.45, 2.75) is 19.9 Å². The average molecular weight is 435 g/mol. The smallest absolute Gasteiger partial charge is 0.197 e. The number of rotatable bonds is 6. The first-order chi connectivity index (χ1) is 13.4. The third-order valence-electron chi connectivity index (χ3n) is 4.28. The summed E-state index contributed by atoms with van der Waals surface area (Å²) >= 11 is 3.36. The van der Waals surface area contributed by atoms with Crippen LogP contribution in [0.5, 0.6) is 0 Å². The van der Waals surface area contributed by atoms with Crippen LogP contribution >= 0.6 is 15.9 Å². The van der Waals surface area contributed by atoms with Gasteiger partial charge in [0.1, 0.15) is 0 Å². The molecule has 0 fully saturated rings. The lowest BCUT2D eigenvalue weighted by Gasteiger charge is -2.10. The standard InChI is InChI=1S/C23H19BrN2O2/c1-15-3-7-17(8-4-15)22(27)21(23(28)18-9-5-16(2)6-10-18)26-25-20-13-11-19(24)12-14-20/h3-14,21H,1-2H3. The van der Waals surface area contributed by atoms with E-state index >= 15 is 0 Å². The van der Waals surface area contributed by atoms with Gasteiger partial charge in [0, 0.05) is 15.6 Å². The third kappa shape index (κ3) is 4.87. The number of halogens is 1. The van der Waals surface area contributed by atoms with Crippen LogP contribution in [0.3, 0.4) is 0 Å². The van der Waals surface area contributed by atoms with E-state index in [1.165, 1.54) is 0 Å². The van der Waals surface area contributed by atoms with Crippen LogP contribution in [-0.4, -0.2) is 17.6 Å². The maximum Gasteiger partial charge on any atom is 0.197 e. The van der Waals surface area contributed by atoms with Crippen molar-refractivity contribution in [1.82, 2.24) is 0 Å². The van der Waals surface area contributed by atoms with E-state index in [4.69, 9.17) is 0 Å². The molecule has 0 spiro atoms. The highest BCUT2D eigenvalue weighted by Crippen LogP contribution is 2.20. The molecule has 0 aliphatic carbocycles. The predicted octanol–water partition coefficient (Wildman–Crippen LogP) is 6.28. The van der Waals surface area contributed by atoms with Crippen LogP contribution in [0, 0.1) is 13.8 Å². The molecule has 5 heteroatoms. The molecule has 0 aliphatic rings. The molecular weight excluding hydrogens is 416 g/mol. The first-order valence-corrected chi connectivity index (χ1v) is 9.61. The molecule has 3 aromatic carbocycles. The second kappa shape index (κ2) is 8.85. The Morgan fingerprint density at radius 2 is 1.14 bits per heavy atom. The van der Waals surface area contributed by atoms with Crippen LogP contribution < -0.4 is 0 Å². The lowest BCUT2D eigenvalue weighted by Crippen LogP contribution is -2.28. The fourth-order valence-electron chi connectivity index (χ4n) is 2.61. The molecule has 3 aromatic rings. The minimum Gasteiger partial charge on any atom is -0.291 e. The SMILES string of the molecule is Cc1ccc(C(=O)C(N=Nc2ccc(Br)cc2)C(=O)c2ccc(C)cc2)cc1. The summed E-state index contributed by atoms with van der Waals surface area (Å²) in [6, 6.07) is 20.1. The summed E-state index contributed by atoms with van der Waals surface area (Å²) < 4.78 is 0.912. The molecule has 0 heterocycles. The molecule has 0 unspecified atom stereocenters. The highest BCUT2D eigenvalue weighted by atomic mass is 79.9. The second-order valence-corrected chi connectivity index (χ2v) is 7.47. The van der Waals surface area contributed by atoms with Crippen LogP contribution in [-0.2, 0) is 0 Å². The minimum absolute atomic E-state index is 0.369. The number of hydrogen-bond acceptors (Lipinski definition) is 4. The molecule has 0 aromatic heterocycles. The Hall–Kier alpha value is -2.92. The Balaban J connectivity index is 1.95. The Morgan fingerprint density at radius 3 is 1.57 bits per heavy atom. The van der Waals surface area contributed by atoms with Crippen molar-refractivity contribution in [3.63, 3.8) is 0 Å². The highest BCUT2D eigenvalue weighted by molar-refractivity contribution is 9.10. The van der Waals surface area contributed by atoms with Gasteiger partial charge in [-0.25, -0.2) is 0 Å². The Morgan fingerprint density at radius 1 is 0.714 bits per heavy atom. The number of ketones is 2. The molecule has 4 nitrogen and oxygen atoms in total. The summed E-state index contributed by atoms with van der Waals surface area (Å²) in [4.78, 5) is 26.1. The molecule has 0 radical (unpaired) electrons. The number of carbonyl (C=O) groups is 2. The maximum absolute atomic E-state index is 13.0. The summed E-state index contributed by atoms with van der Waals surface area (Å²) in [5, 5.41) is 8.27. The number of Topliss-reactive ketones (excluding diaryl/α,β-unsaturated/α-hetero) is 2. The first kappa shape index (κ1) is 19.8. The van der Waals surface area contributed by atoms with E-state index in [0.29, 0.717) is 16.8 Å². The number of carbonyl (C=O) groups excluding carboxylic acids is 2. The molecule has 0 aliphatic heterocycles. The monoisotopic (exact) mass is 434 g/mol. The fourth-order valence-corrected chi connectivity index (χ4v) is 2.87. The normalized spacial score (nSPS) is 11.1. The van der Waals surface area contributed by atoms with E-state index in [0.717, 1.165) is 15.6 Å². The van der Waals surface area contributed by atoms with Gasteiger partial charge in [-0.3, -0.25) is 9.59 Å². The molecule has 3 rings (SSSR count). The van der Waals surface area contributed by atoms with Crippen LogP contribution in [0.25, 0.3) is 0 Å². The van der Waals surface area contributed by atoms with Gasteiger partial charge >= 0.3 is 0 Å². The number of aryl methyl sites for hydroxylation is 2. The average Bonchev–Trinajstić information content (AvgIpc) is 2.70. The molecule has 0 bridgehead atoms. The van der Waals surface area contributed by atoms with Crippen molar-refractivity contribution in [3.8, 4) is 0 Å². The molecule has 28 heavy (non-hydrogen) atoms. The van der Waals surface area contributed by atoms with Gasteiger partial charge in [0.05, 0.1) is 5.69 Å². The van der Waals surface area contributed by atoms with Gasteiger partial charge in [0.25, 0.3) is 0 Å². The molecular formula is C23H19BrN2O2. The van der Waals surface area contributed by atoms with Crippen molar-refractivity contribution in [2.75, 3.05) is 0 Å². The van der Waals surface area contributed by atoms with E-state index < -0.39 is 6.04 Å². The Bertz CT molecular complexity index is 950. The van der Waals surface area contributed by atoms with E-state index in [1.54, 1.807) is 36.4 Å². The van der Waals surface area contributed by atoms with Crippen LogP contribution in [0.4, 0.5) is 5.69 Å². The molecule has 0 amide bonds. The Kier molecular flexibility index (Phi) is 6.26. The number of benzene rings is 3. The summed E-state index contributed by atoms with van der Waals surface area (Å²) in [7, 11) is 0. The lowest BCUT2D eigenvalue weighted by atomic mass is 9.96. The van der Waals surface area contributed by atoms with Gasteiger partial charge in [-0.05, 0) is 38.1 Å². The zero-order valence-electron chi connectivity index (χ0n) is 15.6. The maximum atomic E-state index is 13.0. The minimum atomic E-state index is -1.23. The van der Waals surface area contributed by atoms with E-state index in [9.17, 15) is 9.59 Å². The van der Waals surface area contributed by atoms with Gasteiger partial charge in [0.2, 0.25) is 0 Å². The molecule has 0 saturated carbocycles. The lowest BCUT2D eigenvalue weighted by molar-refractivity contribution is 0.0861. The van der Waals surface area contributed by atoms with Gasteiger partial charge < -0.3 is 0 Å². The first-order valence-electron chi connectivity index (χ1n) is 8.82. The molecule has 0 atom stereocenters. The fraction of sp³-hybridized carbons (Fsp3) is 0.130. The van der Waals surface area contributed by atoms with Crippen molar-refractivity contribution in [2.24, 2.45) is 10.2 Å². The van der Waals surface area contributed by atoms with Crippen LogP contribution in [0.2, 0.25) is 0 Å². The van der Waals surface area contributed by atoms with E-state index in [2.05, 4.69) is 26.2 Å². The van der Waals surface area contributed by atoms with Gasteiger partial charge in [-0.1, -0.05) is 75.6 Å². The van der Waals surface area contributed by atoms with Crippen LogP contribution in [0.1, 0.15) is 31.8 Å². The molecule has 140 valence electrons.